The molecule has 0 aliphatic carbocycles. The number of para-hydroxylation sites is 1. The van der Waals surface area contributed by atoms with Crippen molar-refractivity contribution in [1.82, 2.24) is 0 Å². The summed E-state index contributed by atoms with van der Waals surface area (Å²) in [6.07, 6.45) is 8.30. The van der Waals surface area contributed by atoms with E-state index >= 15 is 0 Å². The summed E-state index contributed by atoms with van der Waals surface area (Å²) in [5.41, 5.74) is 11.0. The van der Waals surface area contributed by atoms with Crippen LogP contribution in [0.1, 0.15) is 65.3 Å². The number of ether oxygens (including phenoxy) is 4. The summed E-state index contributed by atoms with van der Waals surface area (Å²) in [7, 11) is 1.67. The van der Waals surface area contributed by atoms with Gasteiger partial charge in [0.1, 0.15) is 23.0 Å². The molecule has 0 saturated heterocycles. The van der Waals surface area contributed by atoms with Crippen LogP contribution in [0.15, 0.2) is 164 Å². The van der Waals surface area contributed by atoms with Gasteiger partial charge in [-0.2, -0.15) is 0 Å². The van der Waals surface area contributed by atoms with Crippen molar-refractivity contribution in [2.45, 2.75) is 40.0 Å². The summed E-state index contributed by atoms with van der Waals surface area (Å²) in [6, 6.07) is 54.6. The van der Waals surface area contributed by atoms with Gasteiger partial charge < -0.3 is 23.8 Å². The van der Waals surface area contributed by atoms with E-state index in [2.05, 4.69) is 104 Å². The molecule has 0 spiro atoms. The number of anilines is 3. The van der Waals surface area contributed by atoms with Crippen LogP contribution < -0.4 is 23.8 Å². The molecule has 0 N–H and O–H groups in total. The van der Waals surface area contributed by atoms with Crippen LogP contribution in [-0.2, 0) is 15.0 Å². The average molecular weight is 834 g/mol. The molecule has 0 aliphatic heterocycles. The Morgan fingerprint density at radius 2 is 0.952 bits per heavy atom. The summed E-state index contributed by atoms with van der Waals surface area (Å²) >= 11 is 0. The van der Waals surface area contributed by atoms with Crippen LogP contribution >= 0.6 is 0 Å². The molecule has 0 aliphatic rings. The van der Waals surface area contributed by atoms with Crippen molar-refractivity contribution in [1.29, 1.82) is 0 Å². The molecule has 63 heavy (non-hydrogen) atoms. The maximum Gasteiger partial charge on any atom is 0.349 e. The number of nitrogens with zero attached hydrogens (tertiary/aromatic N) is 1. The summed E-state index contributed by atoms with van der Waals surface area (Å²) in [5.74, 6) is 1.61. The zero-order valence-electron chi connectivity index (χ0n) is 36.5. The van der Waals surface area contributed by atoms with Gasteiger partial charge in [0.25, 0.3) is 0 Å². The Bertz CT molecular complexity index is 2720. The third-order valence-corrected chi connectivity index (χ3v) is 10.9. The van der Waals surface area contributed by atoms with Gasteiger partial charge in [0.05, 0.1) is 7.11 Å². The highest BCUT2D eigenvalue weighted by Gasteiger charge is 2.25. The zero-order valence-corrected chi connectivity index (χ0v) is 36.5. The molecular formula is C56H51NO6. The summed E-state index contributed by atoms with van der Waals surface area (Å²) in [4.78, 5) is 26.5. The van der Waals surface area contributed by atoms with E-state index in [1.165, 1.54) is 6.92 Å². The van der Waals surface area contributed by atoms with Crippen LogP contribution in [0.3, 0.4) is 0 Å². The van der Waals surface area contributed by atoms with Crippen molar-refractivity contribution in [2.24, 2.45) is 0 Å². The molecule has 7 aromatic carbocycles. The molecular weight excluding hydrogens is 783 g/mol. The second kappa shape index (κ2) is 19.8. The summed E-state index contributed by atoms with van der Waals surface area (Å²) < 4.78 is 22.1. The number of aryl methyl sites for hydroxylation is 2. The Hall–Kier alpha value is -7.64. The van der Waals surface area contributed by atoms with Crippen LogP contribution in [0.5, 0.6) is 23.0 Å². The number of hydrogen-bond donors (Lipinski definition) is 0. The van der Waals surface area contributed by atoms with Crippen molar-refractivity contribution < 1.29 is 28.5 Å². The van der Waals surface area contributed by atoms with Crippen LogP contribution in [0.2, 0.25) is 0 Å². The van der Waals surface area contributed by atoms with E-state index in [1.54, 1.807) is 19.2 Å². The predicted octanol–water partition coefficient (Wildman–Crippen LogP) is 13.4. The van der Waals surface area contributed by atoms with E-state index in [-0.39, 0.29) is 18.0 Å². The molecule has 7 aromatic rings. The Kier molecular flexibility index (Phi) is 13.7. The van der Waals surface area contributed by atoms with Gasteiger partial charge >= 0.3 is 11.9 Å². The smallest absolute Gasteiger partial charge is 0.349 e. The first-order valence-electron chi connectivity index (χ1n) is 20.8. The van der Waals surface area contributed by atoms with E-state index in [9.17, 15) is 9.59 Å². The first kappa shape index (κ1) is 43.4. The monoisotopic (exact) mass is 833 g/mol. The second-order valence-electron chi connectivity index (χ2n) is 15.8. The minimum absolute atomic E-state index is 0.228. The molecule has 0 fully saturated rings. The first-order valence-corrected chi connectivity index (χ1v) is 20.8. The number of hydrogen-bond acceptors (Lipinski definition) is 7. The normalized spacial score (nSPS) is 11.4. The van der Waals surface area contributed by atoms with Crippen molar-refractivity contribution >= 4 is 53.3 Å². The van der Waals surface area contributed by atoms with Gasteiger partial charge in [-0.3, -0.25) is 4.79 Å². The lowest BCUT2D eigenvalue weighted by Gasteiger charge is -2.27. The van der Waals surface area contributed by atoms with Crippen LogP contribution in [0.4, 0.5) is 17.1 Å². The number of esters is 2. The summed E-state index contributed by atoms with van der Waals surface area (Å²) in [6.45, 7) is 9.34. The molecule has 0 aromatic heterocycles. The van der Waals surface area contributed by atoms with Crippen LogP contribution in [0.25, 0.3) is 24.3 Å². The topological polar surface area (TPSA) is 74.3 Å². The van der Waals surface area contributed by atoms with Gasteiger partial charge in [-0.15, -0.1) is 0 Å². The van der Waals surface area contributed by atoms with Crippen molar-refractivity contribution in [2.75, 3.05) is 18.6 Å². The number of methoxy groups -OCH3 is 1. The van der Waals surface area contributed by atoms with Gasteiger partial charge in [0, 0.05) is 29.4 Å². The molecule has 316 valence electrons. The highest BCUT2D eigenvalue weighted by molar-refractivity contribution is 5.80. The highest BCUT2D eigenvalue weighted by Crippen LogP contribution is 2.37. The van der Waals surface area contributed by atoms with E-state index in [0.29, 0.717) is 17.2 Å². The van der Waals surface area contributed by atoms with E-state index < -0.39 is 5.97 Å². The molecule has 7 nitrogen and oxygen atoms in total. The highest BCUT2D eigenvalue weighted by atomic mass is 16.6. The maximum atomic E-state index is 12.8. The number of carbonyl (C=O) groups excluding carboxylic acids is 2. The van der Waals surface area contributed by atoms with Gasteiger partial charge in [0.2, 0.25) is 0 Å². The number of rotatable bonds is 15. The molecule has 0 bridgehead atoms. The lowest BCUT2D eigenvalue weighted by molar-refractivity contribution is -0.136. The first-order chi connectivity index (χ1) is 30.4. The van der Waals surface area contributed by atoms with Gasteiger partial charge in [-0.05, 0) is 131 Å². The van der Waals surface area contributed by atoms with Gasteiger partial charge in [-0.1, -0.05) is 129 Å². The second-order valence-corrected chi connectivity index (χ2v) is 15.8. The maximum absolute atomic E-state index is 12.8. The largest absolute Gasteiger partial charge is 0.497 e. The Morgan fingerprint density at radius 3 is 1.40 bits per heavy atom. The van der Waals surface area contributed by atoms with E-state index in [4.69, 9.17) is 18.9 Å². The molecule has 0 atom stereocenters. The molecule has 0 radical (unpaired) electrons. The lowest BCUT2D eigenvalue weighted by Crippen LogP contribution is -2.20. The third kappa shape index (κ3) is 11.2. The summed E-state index contributed by atoms with van der Waals surface area (Å²) in [5, 5.41) is 0. The molecule has 0 heterocycles. The standard InChI is InChI=1S/C56H51NO6/c1-39-36-46(56(4,5)47-25-35-54(40(2)37-47)62-41(3)58)24-34-53(39)61-38-55(59)63-52-32-22-45(23-33-52)15-13-43-18-28-50(29-19-43)57(48-10-8-7-9-11-48)49-26-16-42(17-27-49)12-14-44-20-30-51(60-6)31-21-44/h7-37H,38H2,1-6H3/b14-12+,15-13+. The number of carbonyl (C=O) groups is 2. The van der Waals surface area contributed by atoms with Crippen LogP contribution in [0, 0.1) is 13.8 Å². The van der Waals surface area contributed by atoms with Crippen LogP contribution in [-0.4, -0.2) is 25.7 Å². The van der Waals surface area contributed by atoms with Crippen molar-refractivity contribution in [3.05, 3.63) is 208 Å². The zero-order chi connectivity index (χ0) is 44.3. The minimum atomic E-state index is -0.493. The quantitative estimate of drug-likeness (QED) is 0.0578. The molecule has 0 saturated carbocycles. The third-order valence-electron chi connectivity index (χ3n) is 10.9. The fourth-order valence-electron chi connectivity index (χ4n) is 7.21. The Labute approximate surface area is 370 Å². The van der Waals surface area contributed by atoms with Gasteiger partial charge in [0.15, 0.2) is 6.61 Å². The Morgan fingerprint density at radius 1 is 0.524 bits per heavy atom. The predicted molar refractivity (Wildman–Crippen MR) is 255 cm³/mol. The lowest BCUT2D eigenvalue weighted by atomic mass is 9.77. The molecule has 0 amide bonds. The van der Waals surface area contributed by atoms with Gasteiger partial charge in [-0.25, -0.2) is 4.79 Å². The fraction of sp³-hybridized carbons (Fsp3) is 0.143. The fourth-order valence-corrected chi connectivity index (χ4v) is 7.21. The Balaban J connectivity index is 0.936. The van der Waals surface area contributed by atoms with E-state index in [0.717, 1.165) is 67.3 Å². The molecule has 7 rings (SSSR count). The molecule has 7 heteroatoms. The SMILES string of the molecule is COc1ccc(/C=C/c2ccc(N(c3ccccc3)c3ccc(/C=C/c4ccc(OC(=O)COc5ccc(C(C)(C)c6ccc(OC(C)=O)c(C)c6)cc5C)cc4)cc3)cc2)cc1. The minimum Gasteiger partial charge on any atom is -0.497 e. The van der Waals surface area contributed by atoms with E-state index in [1.807, 2.05) is 105 Å². The van der Waals surface area contributed by atoms with Crippen molar-refractivity contribution in [3.8, 4) is 23.0 Å². The van der Waals surface area contributed by atoms with Crippen molar-refractivity contribution in [3.63, 3.8) is 0 Å². The average Bonchev–Trinajstić information content (AvgIpc) is 3.29. The number of benzene rings is 7. The molecule has 0 unspecified atom stereocenters.